The molecule has 0 amide bonds. The Bertz CT molecular complexity index is 791. The van der Waals surface area contributed by atoms with Crippen molar-refractivity contribution in [1.29, 1.82) is 0 Å². The van der Waals surface area contributed by atoms with Gasteiger partial charge in [-0.2, -0.15) is 5.10 Å². The molecule has 0 radical (unpaired) electrons. The number of nitrogens with zero attached hydrogens (tertiary/aromatic N) is 3. The fourth-order valence-electron chi connectivity index (χ4n) is 3.09. The summed E-state index contributed by atoms with van der Waals surface area (Å²) in [5.41, 5.74) is 0.871. The van der Waals surface area contributed by atoms with Crippen LogP contribution in [-0.4, -0.2) is 42.3 Å². The molecule has 130 valence electrons. The van der Waals surface area contributed by atoms with E-state index in [0.717, 1.165) is 30.1 Å². The van der Waals surface area contributed by atoms with E-state index in [9.17, 15) is 8.42 Å². The molecule has 0 spiro atoms. The Hall–Kier alpha value is -1.89. The molecule has 0 unspecified atom stereocenters. The summed E-state index contributed by atoms with van der Waals surface area (Å²) < 4.78 is 30.0. The van der Waals surface area contributed by atoms with E-state index in [4.69, 9.17) is 4.74 Å². The SMILES string of the molecule is COc1ccc(-n2nc(C3CCCC3)nc2CCS(C)(=O)=O)cc1. The average molecular weight is 349 g/mol. The van der Waals surface area contributed by atoms with Crippen LogP contribution >= 0.6 is 0 Å². The number of hydrogen-bond donors (Lipinski definition) is 0. The van der Waals surface area contributed by atoms with Crippen LogP contribution in [0.25, 0.3) is 5.69 Å². The number of rotatable bonds is 6. The maximum absolute atomic E-state index is 11.5. The predicted octanol–water partition coefficient (Wildman–Crippen LogP) is 2.52. The summed E-state index contributed by atoms with van der Waals surface area (Å²) in [6.45, 7) is 0. The normalized spacial score (nSPS) is 15.8. The molecule has 2 aromatic rings. The molecule has 7 heteroatoms. The molecule has 0 aliphatic heterocycles. The monoisotopic (exact) mass is 349 g/mol. The van der Waals surface area contributed by atoms with Crippen molar-refractivity contribution in [3.05, 3.63) is 35.9 Å². The number of aryl methyl sites for hydroxylation is 1. The molecule has 1 aliphatic carbocycles. The first-order chi connectivity index (χ1) is 11.5. The molecule has 3 rings (SSSR count). The summed E-state index contributed by atoms with van der Waals surface area (Å²) in [5, 5.41) is 4.69. The van der Waals surface area contributed by atoms with Crippen molar-refractivity contribution in [2.24, 2.45) is 0 Å². The van der Waals surface area contributed by atoms with E-state index in [1.165, 1.54) is 19.1 Å². The van der Waals surface area contributed by atoms with Gasteiger partial charge in [-0.15, -0.1) is 0 Å². The van der Waals surface area contributed by atoms with Crippen molar-refractivity contribution < 1.29 is 13.2 Å². The van der Waals surface area contributed by atoms with Crippen molar-refractivity contribution in [3.8, 4) is 11.4 Å². The fourth-order valence-corrected chi connectivity index (χ4v) is 3.64. The van der Waals surface area contributed by atoms with Crippen LogP contribution in [0.1, 0.15) is 43.3 Å². The first-order valence-electron chi connectivity index (χ1n) is 8.24. The first kappa shape index (κ1) is 17.0. The van der Waals surface area contributed by atoms with Crippen LogP contribution in [0.4, 0.5) is 0 Å². The summed E-state index contributed by atoms with van der Waals surface area (Å²) in [5.74, 6) is 2.78. The topological polar surface area (TPSA) is 74.1 Å². The zero-order valence-corrected chi connectivity index (χ0v) is 14.9. The fraction of sp³-hybridized carbons (Fsp3) is 0.529. The molecule has 1 saturated carbocycles. The Morgan fingerprint density at radius 2 is 1.88 bits per heavy atom. The Morgan fingerprint density at radius 3 is 2.46 bits per heavy atom. The van der Waals surface area contributed by atoms with Gasteiger partial charge in [0.1, 0.15) is 21.4 Å². The van der Waals surface area contributed by atoms with Crippen LogP contribution in [0.15, 0.2) is 24.3 Å². The van der Waals surface area contributed by atoms with Crippen molar-refractivity contribution in [2.45, 2.75) is 38.0 Å². The van der Waals surface area contributed by atoms with Gasteiger partial charge in [-0.3, -0.25) is 0 Å². The highest BCUT2D eigenvalue weighted by Gasteiger charge is 2.23. The number of methoxy groups -OCH3 is 1. The standard InChI is InChI=1S/C17H23N3O3S/c1-23-15-9-7-14(8-10-15)20-16(11-12-24(2,21)22)18-17(19-20)13-5-3-4-6-13/h7-10,13H,3-6,11-12H2,1-2H3. The Kier molecular flexibility index (Phi) is 4.89. The lowest BCUT2D eigenvalue weighted by molar-refractivity contribution is 0.414. The van der Waals surface area contributed by atoms with Crippen molar-refractivity contribution in [2.75, 3.05) is 19.1 Å². The molecule has 6 nitrogen and oxygen atoms in total. The molecule has 0 N–H and O–H groups in total. The van der Waals surface area contributed by atoms with Crippen LogP contribution < -0.4 is 4.74 Å². The Balaban J connectivity index is 1.94. The zero-order chi connectivity index (χ0) is 17.2. The van der Waals surface area contributed by atoms with Gasteiger partial charge in [0.15, 0.2) is 5.82 Å². The van der Waals surface area contributed by atoms with E-state index in [0.29, 0.717) is 18.2 Å². The molecular formula is C17H23N3O3S. The number of aromatic nitrogens is 3. The third-order valence-electron chi connectivity index (χ3n) is 4.42. The maximum Gasteiger partial charge on any atom is 0.154 e. The molecule has 0 bridgehead atoms. The minimum Gasteiger partial charge on any atom is -0.497 e. The maximum atomic E-state index is 11.5. The van der Waals surface area contributed by atoms with E-state index in [1.54, 1.807) is 11.8 Å². The van der Waals surface area contributed by atoms with Gasteiger partial charge in [-0.1, -0.05) is 12.8 Å². The lowest BCUT2D eigenvalue weighted by Gasteiger charge is -2.07. The number of ether oxygens (including phenoxy) is 1. The van der Waals surface area contributed by atoms with Gasteiger partial charge in [0.2, 0.25) is 0 Å². The Morgan fingerprint density at radius 1 is 1.21 bits per heavy atom. The second-order valence-electron chi connectivity index (χ2n) is 6.36. The van der Waals surface area contributed by atoms with Gasteiger partial charge in [0, 0.05) is 18.6 Å². The molecule has 0 saturated heterocycles. The van der Waals surface area contributed by atoms with E-state index in [1.807, 2.05) is 24.3 Å². The lowest BCUT2D eigenvalue weighted by atomic mass is 10.1. The van der Waals surface area contributed by atoms with Gasteiger partial charge in [0.05, 0.1) is 18.6 Å². The van der Waals surface area contributed by atoms with Crippen LogP contribution in [0.2, 0.25) is 0 Å². The Labute approximate surface area is 142 Å². The van der Waals surface area contributed by atoms with E-state index in [-0.39, 0.29) is 5.75 Å². The number of sulfone groups is 1. The van der Waals surface area contributed by atoms with Crippen molar-refractivity contribution >= 4 is 9.84 Å². The van der Waals surface area contributed by atoms with Gasteiger partial charge in [0.25, 0.3) is 0 Å². The quantitative estimate of drug-likeness (QED) is 0.801. The number of benzene rings is 1. The smallest absolute Gasteiger partial charge is 0.154 e. The minimum absolute atomic E-state index is 0.0754. The van der Waals surface area contributed by atoms with Crippen LogP contribution in [0.5, 0.6) is 5.75 Å². The number of hydrogen-bond acceptors (Lipinski definition) is 5. The van der Waals surface area contributed by atoms with E-state index in [2.05, 4.69) is 10.1 Å². The van der Waals surface area contributed by atoms with E-state index >= 15 is 0 Å². The zero-order valence-electron chi connectivity index (χ0n) is 14.1. The summed E-state index contributed by atoms with van der Waals surface area (Å²) in [6, 6.07) is 7.56. The molecule has 1 aliphatic rings. The average Bonchev–Trinajstić information content (AvgIpc) is 3.21. The summed E-state index contributed by atoms with van der Waals surface area (Å²) in [7, 11) is -1.42. The highest BCUT2D eigenvalue weighted by Crippen LogP contribution is 2.32. The summed E-state index contributed by atoms with van der Waals surface area (Å²) in [4.78, 5) is 4.67. The second-order valence-corrected chi connectivity index (χ2v) is 8.62. The third-order valence-corrected chi connectivity index (χ3v) is 5.37. The molecule has 24 heavy (non-hydrogen) atoms. The predicted molar refractivity (Wildman–Crippen MR) is 92.5 cm³/mol. The minimum atomic E-state index is -3.04. The second kappa shape index (κ2) is 6.93. The van der Waals surface area contributed by atoms with Gasteiger partial charge >= 0.3 is 0 Å². The van der Waals surface area contributed by atoms with Crippen LogP contribution in [-0.2, 0) is 16.3 Å². The highest BCUT2D eigenvalue weighted by atomic mass is 32.2. The largest absolute Gasteiger partial charge is 0.497 e. The molecule has 0 atom stereocenters. The third kappa shape index (κ3) is 3.95. The van der Waals surface area contributed by atoms with Crippen molar-refractivity contribution in [1.82, 2.24) is 14.8 Å². The first-order valence-corrected chi connectivity index (χ1v) is 10.3. The summed E-state index contributed by atoms with van der Waals surface area (Å²) in [6.07, 6.45) is 6.25. The van der Waals surface area contributed by atoms with E-state index < -0.39 is 9.84 Å². The van der Waals surface area contributed by atoms with Crippen LogP contribution in [0.3, 0.4) is 0 Å². The van der Waals surface area contributed by atoms with Gasteiger partial charge in [-0.25, -0.2) is 18.1 Å². The summed E-state index contributed by atoms with van der Waals surface area (Å²) >= 11 is 0. The van der Waals surface area contributed by atoms with Crippen molar-refractivity contribution in [3.63, 3.8) is 0 Å². The van der Waals surface area contributed by atoms with Gasteiger partial charge in [-0.05, 0) is 37.1 Å². The molecule has 1 heterocycles. The van der Waals surface area contributed by atoms with Crippen LogP contribution in [0, 0.1) is 0 Å². The molecule has 1 aromatic carbocycles. The highest BCUT2D eigenvalue weighted by molar-refractivity contribution is 7.90. The lowest BCUT2D eigenvalue weighted by Crippen LogP contribution is -2.11. The van der Waals surface area contributed by atoms with Gasteiger partial charge < -0.3 is 4.74 Å². The molecular weight excluding hydrogens is 326 g/mol. The molecule has 1 aromatic heterocycles. The molecule has 1 fully saturated rings.